The summed E-state index contributed by atoms with van der Waals surface area (Å²) in [6.45, 7) is 2.47. The van der Waals surface area contributed by atoms with Crippen molar-refractivity contribution in [2.75, 3.05) is 27.9 Å². The molecule has 0 aromatic heterocycles. The second-order valence-electron chi connectivity index (χ2n) is 5.11. The van der Waals surface area contributed by atoms with E-state index in [-0.39, 0.29) is 5.91 Å². The molecule has 7 heteroatoms. The lowest BCUT2D eigenvalue weighted by Gasteiger charge is -2.11. The quantitative estimate of drug-likeness (QED) is 0.580. The van der Waals surface area contributed by atoms with Crippen molar-refractivity contribution in [1.82, 2.24) is 5.43 Å². The normalized spacial score (nSPS) is 10.5. The van der Waals surface area contributed by atoms with Crippen molar-refractivity contribution in [3.8, 4) is 23.0 Å². The van der Waals surface area contributed by atoms with Crippen LogP contribution in [0.3, 0.4) is 0 Å². The van der Waals surface area contributed by atoms with E-state index in [1.807, 2.05) is 6.92 Å². The van der Waals surface area contributed by atoms with Gasteiger partial charge in [0.25, 0.3) is 5.91 Å². The molecule has 138 valence electrons. The lowest BCUT2D eigenvalue weighted by atomic mass is 10.2. The molecule has 2 aromatic rings. The fourth-order valence-electron chi connectivity index (χ4n) is 2.25. The van der Waals surface area contributed by atoms with Crippen molar-refractivity contribution in [3.05, 3.63) is 47.5 Å². The number of hydrogen-bond acceptors (Lipinski definition) is 6. The smallest absolute Gasteiger partial charge is 0.271 e. The molecule has 2 aromatic carbocycles. The molecule has 0 bridgehead atoms. The predicted molar refractivity (Wildman–Crippen MR) is 98.8 cm³/mol. The molecular weight excluding hydrogens is 336 g/mol. The first kappa shape index (κ1) is 19.1. The number of methoxy groups -OCH3 is 3. The average molecular weight is 358 g/mol. The third kappa shape index (κ3) is 4.66. The second kappa shape index (κ2) is 9.31. The molecule has 26 heavy (non-hydrogen) atoms. The fraction of sp³-hybridized carbons (Fsp3) is 0.263. The van der Waals surface area contributed by atoms with Gasteiger partial charge in [0.1, 0.15) is 11.5 Å². The minimum atomic E-state index is -0.330. The van der Waals surface area contributed by atoms with Crippen LogP contribution in [0, 0.1) is 0 Å². The van der Waals surface area contributed by atoms with Gasteiger partial charge in [-0.2, -0.15) is 5.10 Å². The second-order valence-corrected chi connectivity index (χ2v) is 5.11. The Labute approximate surface area is 152 Å². The van der Waals surface area contributed by atoms with Gasteiger partial charge in [-0.05, 0) is 37.3 Å². The highest BCUT2D eigenvalue weighted by Crippen LogP contribution is 2.33. The molecular formula is C19H22N2O5. The van der Waals surface area contributed by atoms with Crippen LogP contribution in [-0.4, -0.2) is 40.1 Å². The first-order valence-electron chi connectivity index (χ1n) is 7.99. The molecule has 0 heterocycles. The minimum Gasteiger partial charge on any atom is -0.496 e. The third-order valence-electron chi connectivity index (χ3n) is 3.53. The van der Waals surface area contributed by atoms with E-state index >= 15 is 0 Å². The van der Waals surface area contributed by atoms with Crippen molar-refractivity contribution < 1.29 is 23.7 Å². The van der Waals surface area contributed by atoms with Crippen LogP contribution in [0.2, 0.25) is 0 Å². The fourth-order valence-corrected chi connectivity index (χ4v) is 2.25. The molecule has 1 amide bonds. The number of carbonyl (C=O) groups is 1. The first-order valence-corrected chi connectivity index (χ1v) is 7.99. The number of benzene rings is 2. The highest BCUT2D eigenvalue weighted by atomic mass is 16.5. The van der Waals surface area contributed by atoms with Crippen molar-refractivity contribution >= 4 is 12.1 Å². The van der Waals surface area contributed by atoms with Gasteiger partial charge in [0.2, 0.25) is 0 Å². The van der Waals surface area contributed by atoms with Gasteiger partial charge < -0.3 is 18.9 Å². The largest absolute Gasteiger partial charge is 0.496 e. The summed E-state index contributed by atoms with van der Waals surface area (Å²) in [5, 5.41) is 3.98. The standard InChI is InChI=1S/C19H22N2O5/c1-5-26-15-8-6-13(7-9-15)19(22)21-20-12-14-10-17(24-3)18(25-4)11-16(14)23-2/h6-12H,5H2,1-4H3,(H,21,22)/b20-12-. The van der Waals surface area contributed by atoms with Crippen molar-refractivity contribution in [3.63, 3.8) is 0 Å². The number of nitrogens with zero attached hydrogens (tertiary/aromatic N) is 1. The lowest BCUT2D eigenvalue weighted by molar-refractivity contribution is 0.0955. The molecule has 0 aliphatic carbocycles. The van der Waals surface area contributed by atoms with Crippen LogP contribution < -0.4 is 24.4 Å². The number of carbonyl (C=O) groups excluding carboxylic acids is 1. The summed E-state index contributed by atoms with van der Waals surface area (Å²) < 4.78 is 21.2. The van der Waals surface area contributed by atoms with Gasteiger partial charge in [0.15, 0.2) is 11.5 Å². The Bertz CT molecular complexity index is 772. The Morgan fingerprint density at radius 2 is 1.62 bits per heavy atom. The van der Waals surface area contributed by atoms with Gasteiger partial charge in [-0.25, -0.2) is 5.43 Å². The van der Waals surface area contributed by atoms with Gasteiger partial charge in [-0.3, -0.25) is 4.79 Å². The highest BCUT2D eigenvalue weighted by molar-refractivity contribution is 5.95. The molecule has 7 nitrogen and oxygen atoms in total. The summed E-state index contributed by atoms with van der Waals surface area (Å²) in [5.74, 6) is 2.00. The van der Waals surface area contributed by atoms with Gasteiger partial charge in [0, 0.05) is 17.2 Å². The SMILES string of the molecule is CCOc1ccc(C(=O)N/N=C\c2cc(OC)c(OC)cc2OC)cc1. The summed E-state index contributed by atoms with van der Waals surface area (Å²) >= 11 is 0. The monoisotopic (exact) mass is 358 g/mol. The number of amides is 1. The Hall–Kier alpha value is -3.22. The van der Waals surface area contributed by atoms with Crippen LogP contribution in [0.4, 0.5) is 0 Å². The highest BCUT2D eigenvalue weighted by Gasteiger charge is 2.11. The number of hydrazone groups is 1. The predicted octanol–water partition coefficient (Wildman–Crippen LogP) is 2.88. The zero-order valence-electron chi connectivity index (χ0n) is 15.2. The molecule has 0 saturated heterocycles. The lowest BCUT2D eigenvalue weighted by Crippen LogP contribution is -2.17. The molecule has 0 atom stereocenters. The van der Waals surface area contributed by atoms with Crippen molar-refractivity contribution in [2.45, 2.75) is 6.92 Å². The molecule has 1 N–H and O–H groups in total. The maximum atomic E-state index is 12.1. The van der Waals surface area contributed by atoms with Crippen molar-refractivity contribution in [1.29, 1.82) is 0 Å². The molecule has 0 unspecified atom stereocenters. The zero-order chi connectivity index (χ0) is 18.9. The molecule has 0 spiro atoms. The van der Waals surface area contributed by atoms with Crippen LogP contribution in [0.1, 0.15) is 22.8 Å². The van der Waals surface area contributed by atoms with Crippen LogP contribution in [0.15, 0.2) is 41.5 Å². The van der Waals surface area contributed by atoms with Crippen LogP contribution in [0.25, 0.3) is 0 Å². The molecule has 0 saturated carbocycles. The van der Waals surface area contributed by atoms with Crippen LogP contribution >= 0.6 is 0 Å². The minimum absolute atomic E-state index is 0.330. The summed E-state index contributed by atoms with van der Waals surface area (Å²) in [6, 6.07) is 10.2. The van der Waals surface area contributed by atoms with Crippen LogP contribution in [0.5, 0.6) is 23.0 Å². The Morgan fingerprint density at radius 3 is 2.19 bits per heavy atom. The van der Waals surface area contributed by atoms with E-state index in [2.05, 4.69) is 10.5 Å². The molecule has 0 fully saturated rings. The molecule has 0 radical (unpaired) electrons. The van der Waals surface area contributed by atoms with E-state index in [4.69, 9.17) is 18.9 Å². The Morgan fingerprint density at radius 1 is 1.00 bits per heavy atom. The number of rotatable bonds is 8. The summed E-state index contributed by atoms with van der Waals surface area (Å²) in [5.41, 5.74) is 3.59. The summed E-state index contributed by atoms with van der Waals surface area (Å²) in [4.78, 5) is 12.1. The van der Waals surface area contributed by atoms with E-state index < -0.39 is 0 Å². The summed E-state index contributed by atoms with van der Waals surface area (Å²) in [6.07, 6.45) is 1.48. The van der Waals surface area contributed by atoms with E-state index in [1.165, 1.54) is 13.3 Å². The number of nitrogens with one attached hydrogen (secondary N) is 1. The van der Waals surface area contributed by atoms with E-state index in [0.717, 1.165) is 0 Å². The number of ether oxygens (including phenoxy) is 4. The third-order valence-corrected chi connectivity index (χ3v) is 3.53. The van der Waals surface area contributed by atoms with Gasteiger partial charge in [-0.15, -0.1) is 0 Å². The maximum Gasteiger partial charge on any atom is 0.271 e. The van der Waals surface area contributed by atoms with Crippen LogP contribution in [-0.2, 0) is 0 Å². The average Bonchev–Trinajstić information content (AvgIpc) is 2.68. The van der Waals surface area contributed by atoms with E-state index in [0.29, 0.717) is 40.7 Å². The molecule has 0 aliphatic rings. The van der Waals surface area contributed by atoms with Gasteiger partial charge in [0.05, 0.1) is 34.2 Å². The first-order chi connectivity index (χ1) is 12.6. The Kier molecular flexibility index (Phi) is 6.84. The topological polar surface area (TPSA) is 78.4 Å². The maximum absolute atomic E-state index is 12.1. The zero-order valence-corrected chi connectivity index (χ0v) is 15.2. The number of hydrogen-bond donors (Lipinski definition) is 1. The van der Waals surface area contributed by atoms with E-state index in [9.17, 15) is 4.79 Å². The van der Waals surface area contributed by atoms with Crippen molar-refractivity contribution in [2.24, 2.45) is 5.10 Å². The van der Waals surface area contributed by atoms with Gasteiger partial charge in [-0.1, -0.05) is 0 Å². The van der Waals surface area contributed by atoms with E-state index in [1.54, 1.807) is 50.6 Å². The Balaban J connectivity index is 2.10. The molecule has 0 aliphatic heterocycles. The molecule has 2 rings (SSSR count). The summed E-state index contributed by atoms with van der Waals surface area (Å²) in [7, 11) is 4.62. The van der Waals surface area contributed by atoms with Gasteiger partial charge >= 0.3 is 0 Å².